The van der Waals surface area contributed by atoms with Crippen LogP contribution in [0.15, 0.2) is 6.33 Å². The average molecular weight is 278 g/mol. The van der Waals surface area contributed by atoms with Crippen LogP contribution in [-0.2, 0) is 0 Å². The zero-order chi connectivity index (χ0) is 14.4. The second-order valence-corrected chi connectivity index (χ2v) is 5.45. The summed E-state index contributed by atoms with van der Waals surface area (Å²) >= 11 is 0. The summed E-state index contributed by atoms with van der Waals surface area (Å²) in [6, 6.07) is 0.578. The number of aliphatic hydroxyl groups is 1. The van der Waals surface area contributed by atoms with Crippen LogP contribution in [0.1, 0.15) is 44.6 Å². The lowest BCUT2D eigenvalue weighted by molar-refractivity contribution is 0.282. The van der Waals surface area contributed by atoms with Crippen molar-refractivity contribution >= 4 is 11.6 Å². The van der Waals surface area contributed by atoms with E-state index in [0.29, 0.717) is 6.04 Å². The number of nitrogens with one attached hydrogen (secondary N) is 1. The molecule has 5 heteroatoms. The van der Waals surface area contributed by atoms with Crippen molar-refractivity contribution in [1.82, 2.24) is 9.97 Å². The van der Waals surface area contributed by atoms with Gasteiger partial charge in [0.05, 0.1) is 0 Å². The summed E-state index contributed by atoms with van der Waals surface area (Å²) in [6.07, 6.45) is 7.27. The first kappa shape index (κ1) is 15.0. The number of aliphatic hydroxyl groups excluding tert-OH is 1. The van der Waals surface area contributed by atoms with E-state index in [0.717, 1.165) is 43.1 Å². The molecule has 0 bridgehead atoms. The fourth-order valence-corrected chi connectivity index (χ4v) is 2.55. The molecule has 1 aliphatic rings. The Morgan fingerprint density at radius 3 is 2.80 bits per heavy atom. The van der Waals surface area contributed by atoms with Crippen molar-refractivity contribution < 1.29 is 5.11 Å². The molecule has 1 fully saturated rings. The molecule has 112 valence electrons. The number of hydrogen-bond donors (Lipinski definition) is 2. The first-order valence-electron chi connectivity index (χ1n) is 7.71. The molecule has 0 radical (unpaired) electrons. The highest BCUT2D eigenvalue weighted by molar-refractivity contribution is 5.58. The molecule has 20 heavy (non-hydrogen) atoms. The topological polar surface area (TPSA) is 61.3 Å². The van der Waals surface area contributed by atoms with Crippen molar-refractivity contribution in [1.29, 1.82) is 0 Å². The van der Waals surface area contributed by atoms with E-state index in [1.54, 1.807) is 6.33 Å². The van der Waals surface area contributed by atoms with E-state index in [2.05, 4.69) is 34.0 Å². The van der Waals surface area contributed by atoms with Crippen LogP contribution in [-0.4, -0.2) is 40.8 Å². The van der Waals surface area contributed by atoms with Gasteiger partial charge in [-0.05, 0) is 39.0 Å². The first-order valence-corrected chi connectivity index (χ1v) is 7.71. The van der Waals surface area contributed by atoms with Gasteiger partial charge in [-0.1, -0.05) is 6.92 Å². The number of nitrogens with zero attached hydrogens (tertiary/aromatic N) is 3. The van der Waals surface area contributed by atoms with Crippen molar-refractivity contribution in [2.24, 2.45) is 0 Å². The molecule has 2 N–H and O–H groups in total. The first-order chi connectivity index (χ1) is 9.77. The van der Waals surface area contributed by atoms with Gasteiger partial charge in [0.25, 0.3) is 0 Å². The second kappa shape index (κ2) is 7.43. The summed E-state index contributed by atoms with van der Waals surface area (Å²) in [4.78, 5) is 11.2. The van der Waals surface area contributed by atoms with Crippen molar-refractivity contribution in [3.05, 3.63) is 11.9 Å². The SMILES string of the molecule is CCCNc1ncnc(N(CCCO)C2CCC2)c1C. The smallest absolute Gasteiger partial charge is 0.137 e. The fraction of sp³-hybridized carbons (Fsp3) is 0.733. The molecule has 2 rings (SSSR count). The van der Waals surface area contributed by atoms with Gasteiger partial charge in [0.15, 0.2) is 0 Å². The van der Waals surface area contributed by atoms with E-state index in [1.807, 2.05) is 0 Å². The highest BCUT2D eigenvalue weighted by Gasteiger charge is 2.27. The molecule has 0 amide bonds. The van der Waals surface area contributed by atoms with Gasteiger partial charge in [0, 0.05) is 31.3 Å². The van der Waals surface area contributed by atoms with Crippen LogP contribution in [0.4, 0.5) is 11.6 Å². The highest BCUT2D eigenvalue weighted by Crippen LogP contribution is 2.31. The van der Waals surface area contributed by atoms with Gasteiger partial charge >= 0.3 is 0 Å². The summed E-state index contributed by atoms with van der Waals surface area (Å²) in [5.74, 6) is 1.96. The molecule has 1 saturated carbocycles. The molecule has 0 aliphatic heterocycles. The lowest BCUT2D eigenvalue weighted by Crippen LogP contribution is -2.42. The van der Waals surface area contributed by atoms with Gasteiger partial charge in [-0.15, -0.1) is 0 Å². The molecule has 0 aromatic carbocycles. The Bertz CT molecular complexity index is 420. The Kier molecular flexibility index (Phi) is 5.59. The second-order valence-electron chi connectivity index (χ2n) is 5.45. The Morgan fingerprint density at radius 2 is 2.20 bits per heavy atom. The third kappa shape index (κ3) is 3.39. The molecule has 0 saturated heterocycles. The quantitative estimate of drug-likeness (QED) is 0.764. The predicted octanol–water partition coefficient (Wildman–Crippen LogP) is 2.35. The van der Waals surface area contributed by atoms with Crippen molar-refractivity contribution in [3.8, 4) is 0 Å². The maximum absolute atomic E-state index is 9.10. The molecular formula is C15H26N4O. The summed E-state index contributed by atoms with van der Waals surface area (Å²) in [5, 5.41) is 12.5. The third-order valence-electron chi connectivity index (χ3n) is 3.94. The van der Waals surface area contributed by atoms with Crippen LogP contribution in [0.25, 0.3) is 0 Å². The normalized spacial score (nSPS) is 14.9. The lowest BCUT2D eigenvalue weighted by Gasteiger charge is -2.39. The van der Waals surface area contributed by atoms with Gasteiger partial charge in [0.2, 0.25) is 0 Å². The minimum Gasteiger partial charge on any atom is -0.396 e. The van der Waals surface area contributed by atoms with Crippen LogP contribution in [0.3, 0.4) is 0 Å². The summed E-state index contributed by atoms with van der Waals surface area (Å²) < 4.78 is 0. The monoisotopic (exact) mass is 278 g/mol. The number of rotatable bonds is 8. The van der Waals surface area contributed by atoms with Crippen molar-refractivity contribution in [2.75, 3.05) is 29.9 Å². The van der Waals surface area contributed by atoms with Crippen LogP contribution in [0.5, 0.6) is 0 Å². The molecule has 5 nitrogen and oxygen atoms in total. The van der Waals surface area contributed by atoms with Crippen LogP contribution < -0.4 is 10.2 Å². The number of aromatic nitrogens is 2. The third-order valence-corrected chi connectivity index (χ3v) is 3.94. The Morgan fingerprint density at radius 1 is 1.40 bits per heavy atom. The zero-order valence-electron chi connectivity index (χ0n) is 12.6. The Hall–Kier alpha value is -1.36. The predicted molar refractivity (Wildman–Crippen MR) is 82.2 cm³/mol. The minimum atomic E-state index is 0.230. The highest BCUT2D eigenvalue weighted by atomic mass is 16.3. The molecule has 0 spiro atoms. The maximum atomic E-state index is 9.10. The lowest BCUT2D eigenvalue weighted by atomic mass is 9.91. The van der Waals surface area contributed by atoms with E-state index < -0.39 is 0 Å². The number of anilines is 2. The summed E-state index contributed by atoms with van der Waals surface area (Å²) in [6.45, 7) is 6.25. The van der Waals surface area contributed by atoms with Crippen LogP contribution in [0, 0.1) is 6.92 Å². The van der Waals surface area contributed by atoms with Crippen molar-refractivity contribution in [2.45, 2.75) is 52.0 Å². The Balaban J connectivity index is 2.18. The zero-order valence-corrected chi connectivity index (χ0v) is 12.6. The summed E-state index contributed by atoms with van der Waals surface area (Å²) in [5.41, 5.74) is 1.12. The maximum Gasteiger partial charge on any atom is 0.137 e. The molecule has 1 aliphatic carbocycles. The van der Waals surface area contributed by atoms with Crippen LogP contribution in [0.2, 0.25) is 0 Å². The molecule has 0 unspecified atom stereocenters. The minimum absolute atomic E-state index is 0.230. The van der Waals surface area contributed by atoms with E-state index in [1.165, 1.54) is 19.3 Å². The van der Waals surface area contributed by atoms with Gasteiger partial charge in [-0.3, -0.25) is 0 Å². The van der Waals surface area contributed by atoms with E-state index >= 15 is 0 Å². The Labute approximate surface area is 121 Å². The molecule has 0 atom stereocenters. The van der Waals surface area contributed by atoms with E-state index in [4.69, 9.17) is 5.11 Å². The summed E-state index contributed by atoms with van der Waals surface area (Å²) in [7, 11) is 0. The molecule has 1 aromatic rings. The van der Waals surface area contributed by atoms with Gasteiger partial charge < -0.3 is 15.3 Å². The van der Waals surface area contributed by atoms with E-state index in [9.17, 15) is 0 Å². The molecular weight excluding hydrogens is 252 g/mol. The van der Waals surface area contributed by atoms with Gasteiger partial charge in [-0.25, -0.2) is 9.97 Å². The fourth-order valence-electron chi connectivity index (χ4n) is 2.55. The number of hydrogen-bond acceptors (Lipinski definition) is 5. The van der Waals surface area contributed by atoms with Crippen molar-refractivity contribution in [3.63, 3.8) is 0 Å². The van der Waals surface area contributed by atoms with Crippen LogP contribution >= 0.6 is 0 Å². The largest absolute Gasteiger partial charge is 0.396 e. The van der Waals surface area contributed by atoms with Gasteiger partial charge in [-0.2, -0.15) is 0 Å². The van der Waals surface area contributed by atoms with Gasteiger partial charge in [0.1, 0.15) is 18.0 Å². The molecule has 1 heterocycles. The van der Waals surface area contributed by atoms with E-state index in [-0.39, 0.29) is 6.61 Å². The average Bonchev–Trinajstić information content (AvgIpc) is 2.40. The standard InChI is InChI=1S/C15H26N4O/c1-3-8-16-14-12(2)15(18-11-17-14)19(9-5-10-20)13-6-4-7-13/h11,13,20H,3-10H2,1-2H3,(H,16,17,18). The molecule has 1 aromatic heterocycles.